The Kier molecular flexibility index (Phi) is 4.29. The van der Waals surface area contributed by atoms with Gasteiger partial charge in [-0.25, -0.2) is 0 Å². The van der Waals surface area contributed by atoms with Crippen molar-refractivity contribution in [2.24, 2.45) is 16.3 Å². The summed E-state index contributed by atoms with van der Waals surface area (Å²) in [6.45, 7) is 1.38. The molecule has 0 atom stereocenters. The van der Waals surface area contributed by atoms with E-state index in [9.17, 15) is 4.79 Å². The molecule has 2 aliphatic rings. The minimum Gasteiger partial charge on any atom is -0.409 e. The predicted octanol–water partition coefficient (Wildman–Crippen LogP) is 0.931. The van der Waals surface area contributed by atoms with E-state index in [4.69, 9.17) is 15.7 Å². The third kappa shape index (κ3) is 2.54. The maximum Gasteiger partial charge on any atom is 0.236 e. The van der Waals surface area contributed by atoms with E-state index in [2.05, 4.69) is 5.16 Å². The van der Waals surface area contributed by atoms with Gasteiger partial charge >= 0.3 is 0 Å². The molecule has 2 fully saturated rings. The Hall–Kier alpha value is -1.30. The van der Waals surface area contributed by atoms with Gasteiger partial charge in [0.25, 0.3) is 0 Å². The van der Waals surface area contributed by atoms with Gasteiger partial charge in [0.15, 0.2) is 5.84 Å². The van der Waals surface area contributed by atoms with Gasteiger partial charge in [0, 0.05) is 20.2 Å². The summed E-state index contributed by atoms with van der Waals surface area (Å²) in [6.07, 6.45) is 5.24. The summed E-state index contributed by atoms with van der Waals surface area (Å²) in [5, 5.41) is 12.1. The maximum absolute atomic E-state index is 12.7. The quantitative estimate of drug-likeness (QED) is 0.345. The molecule has 0 aromatic carbocycles. The average Bonchev–Trinajstić information content (AvgIpc) is 2.96. The highest BCUT2D eigenvalue weighted by atomic mass is 16.5. The molecule has 2 rings (SSSR count). The molecule has 1 aliphatic carbocycles. The Balaban J connectivity index is 2.09. The first-order valence-electron chi connectivity index (χ1n) is 6.94. The van der Waals surface area contributed by atoms with Crippen LogP contribution in [0.5, 0.6) is 0 Å². The number of carbonyl (C=O) groups is 1. The third-order valence-corrected chi connectivity index (χ3v) is 4.53. The summed E-state index contributed by atoms with van der Waals surface area (Å²) in [6, 6.07) is 0. The highest BCUT2D eigenvalue weighted by Crippen LogP contribution is 2.40. The van der Waals surface area contributed by atoms with E-state index in [1.54, 1.807) is 7.11 Å². The molecule has 19 heavy (non-hydrogen) atoms. The zero-order chi connectivity index (χ0) is 13.9. The van der Waals surface area contributed by atoms with Crippen LogP contribution in [-0.2, 0) is 9.53 Å². The Labute approximate surface area is 113 Å². The van der Waals surface area contributed by atoms with Crippen LogP contribution in [0.15, 0.2) is 5.16 Å². The molecule has 1 amide bonds. The average molecular weight is 269 g/mol. The number of rotatable bonds is 3. The molecular formula is C13H23N3O3. The molecule has 0 spiro atoms. The van der Waals surface area contributed by atoms with Gasteiger partial charge < -0.3 is 20.6 Å². The molecule has 0 bridgehead atoms. The second-order valence-electron chi connectivity index (χ2n) is 5.50. The maximum atomic E-state index is 12.7. The summed E-state index contributed by atoms with van der Waals surface area (Å²) in [7, 11) is 1.71. The summed E-state index contributed by atoms with van der Waals surface area (Å²) < 4.78 is 5.31. The first-order chi connectivity index (χ1) is 9.14. The number of carbonyl (C=O) groups excluding carboxylic acids is 1. The van der Waals surface area contributed by atoms with Crippen molar-refractivity contribution < 1.29 is 14.7 Å². The Morgan fingerprint density at radius 2 is 1.95 bits per heavy atom. The van der Waals surface area contributed by atoms with E-state index in [1.165, 1.54) is 0 Å². The van der Waals surface area contributed by atoms with E-state index in [0.717, 1.165) is 25.7 Å². The van der Waals surface area contributed by atoms with Crippen molar-refractivity contribution in [2.45, 2.75) is 44.6 Å². The lowest BCUT2D eigenvalue weighted by Crippen LogP contribution is -2.52. The summed E-state index contributed by atoms with van der Waals surface area (Å²) in [5.74, 6) is 0.0960. The highest BCUT2D eigenvalue weighted by Gasteiger charge is 2.47. The minimum absolute atomic E-state index is 0.0230. The van der Waals surface area contributed by atoms with Crippen LogP contribution in [0.2, 0.25) is 0 Å². The Morgan fingerprint density at radius 3 is 2.42 bits per heavy atom. The van der Waals surface area contributed by atoms with Crippen LogP contribution in [0.1, 0.15) is 38.5 Å². The fourth-order valence-corrected chi connectivity index (χ4v) is 3.25. The smallest absolute Gasteiger partial charge is 0.236 e. The van der Waals surface area contributed by atoms with Crippen molar-refractivity contribution in [3.05, 3.63) is 0 Å². The molecule has 1 saturated carbocycles. The predicted molar refractivity (Wildman–Crippen MR) is 70.9 cm³/mol. The van der Waals surface area contributed by atoms with Gasteiger partial charge in [-0.1, -0.05) is 18.0 Å². The third-order valence-electron chi connectivity index (χ3n) is 4.53. The van der Waals surface area contributed by atoms with Gasteiger partial charge in [-0.3, -0.25) is 4.79 Å². The highest BCUT2D eigenvalue weighted by molar-refractivity contribution is 6.07. The number of oxime groups is 1. The topological polar surface area (TPSA) is 88.2 Å². The van der Waals surface area contributed by atoms with E-state index in [0.29, 0.717) is 25.9 Å². The normalized spacial score (nSPS) is 24.7. The molecule has 0 radical (unpaired) electrons. The van der Waals surface area contributed by atoms with Gasteiger partial charge in [0.05, 0.1) is 6.10 Å². The zero-order valence-corrected chi connectivity index (χ0v) is 11.5. The van der Waals surface area contributed by atoms with Gasteiger partial charge in [0.1, 0.15) is 5.41 Å². The van der Waals surface area contributed by atoms with Crippen LogP contribution < -0.4 is 5.73 Å². The lowest BCUT2D eigenvalue weighted by molar-refractivity contribution is -0.140. The molecule has 0 aromatic heterocycles. The molecule has 0 unspecified atom stereocenters. The van der Waals surface area contributed by atoms with Crippen LogP contribution in [0.3, 0.4) is 0 Å². The number of amides is 1. The van der Waals surface area contributed by atoms with Crippen molar-refractivity contribution in [3.63, 3.8) is 0 Å². The van der Waals surface area contributed by atoms with Crippen molar-refractivity contribution in [1.29, 1.82) is 0 Å². The molecule has 0 aromatic rings. The van der Waals surface area contributed by atoms with Crippen LogP contribution in [0.4, 0.5) is 0 Å². The van der Waals surface area contributed by atoms with Crippen LogP contribution in [-0.4, -0.2) is 48.2 Å². The Bertz CT molecular complexity index is 356. The van der Waals surface area contributed by atoms with Crippen LogP contribution in [0, 0.1) is 5.41 Å². The van der Waals surface area contributed by atoms with Crippen molar-refractivity contribution in [3.8, 4) is 0 Å². The lowest BCUT2D eigenvalue weighted by atomic mass is 9.82. The number of hydrogen-bond acceptors (Lipinski definition) is 4. The number of nitrogens with zero attached hydrogens (tertiary/aromatic N) is 2. The first-order valence-corrected chi connectivity index (χ1v) is 6.94. The fourth-order valence-electron chi connectivity index (χ4n) is 3.25. The second-order valence-corrected chi connectivity index (χ2v) is 5.50. The lowest BCUT2D eigenvalue weighted by Gasteiger charge is -2.37. The molecule has 1 heterocycles. The minimum atomic E-state index is -0.769. The standard InChI is InChI=1S/C13H23N3O3/c1-19-10-4-8-16(9-5-10)12(17)13(11(14)15-18)6-2-3-7-13/h10,18H,2-9H2,1H3,(H2,14,15). The van der Waals surface area contributed by atoms with E-state index < -0.39 is 5.41 Å². The summed E-state index contributed by atoms with van der Waals surface area (Å²) in [4.78, 5) is 14.6. The number of piperidine rings is 1. The number of hydrogen-bond donors (Lipinski definition) is 2. The largest absolute Gasteiger partial charge is 0.409 e. The van der Waals surface area contributed by atoms with Gasteiger partial charge in [-0.15, -0.1) is 0 Å². The first kappa shape index (κ1) is 14.1. The number of likely N-dealkylation sites (tertiary alicyclic amines) is 1. The fraction of sp³-hybridized carbons (Fsp3) is 0.846. The molecule has 108 valence electrons. The number of methoxy groups -OCH3 is 1. The van der Waals surface area contributed by atoms with Gasteiger partial charge in [-0.05, 0) is 25.7 Å². The molecule has 3 N–H and O–H groups in total. The van der Waals surface area contributed by atoms with E-state index in [-0.39, 0.29) is 17.8 Å². The van der Waals surface area contributed by atoms with Crippen LogP contribution >= 0.6 is 0 Å². The molecule has 6 nitrogen and oxygen atoms in total. The molecule has 6 heteroatoms. The SMILES string of the molecule is COC1CCN(C(=O)C2(C(N)=NO)CCCC2)CC1. The molecule has 1 aliphatic heterocycles. The monoisotopic (exact) mass is 269 g/mol. The number of amidine groups is 1. The molecular weight excluding hydrogens is 246 g/mol. The van der Waals surface area contributed by atoms with E-state index >= 15 is 0 Å². The second kappa shape index (κ2) is 5.77. The number of ether oxygens (including phenoxy) is 1. The van der Waals surface area contributed by atoms with E-state index in [1.807, 2.05) is 4.90 Å². The zero-order valence-electron chi connectivity index (χ0n) is 11.5. The van der Waals surface area contributed by atoms with Gasteiger partial charge in [0.2, 0.25) is 5.91 Å². The summed E-state index contributed by atoms with van der Waals surface area (Å²) >= 11 is 0. The van der Waals surface area contributed by atoms with Crippen molar-refractivity contribution >= 4 is 11.7 Å². The Morgan fingerprint density at radius 1 is 1.37 bits per heavy atom. The number of nitrogens with two attached hydrogens (primary N) is 1. The van der Waals surface area contributed by atoms with Crippen molar-refractivity contribution in [2.75, 3.05) is 20.2 Å². The van der Waals surface area contributed by atoms with Crippen molar-refractivity contribution in [1.82, 2.24) is 4.90 Å². The molecule has 1 saturated heterocycles. The summed E-state index contributed by atoms with van der Waals surface area (Å²) in [5.41, 5.74) is 5.03. The van der Waals surface area contributed by atoms with Gasteiger partial charge in [-0.2, -0.15) is 0 Å². The van der Waals surface area contributed by atoms with Crippen LogP contribution in [0.25, 0.3) is 0 Å².